The lowest BCUT2D eigenvalue weighted by atomic mass is 9.69. The smallest absolute Gasteiger partial charge is 0.0732 e. The van der Waals surface area contributed by atoms with Crippen molar-refractivity contribution in [2.45, 2.75) is 37.5 Å². The number of benzene rings is 6. The van der Waals surface area contributed by atoms with Crippen LogP contribution in [0.15, 0.2) is 192 Å². The second-order valence-electron chi connectivity index (χ2n) is 15.4. The molecule has 0 aliphatic heterocycles. The Labute approximate surface area is 311 Å². The van der Waals surface area contributed by atoms with Crippen LogP contribution < -0.4 is 4.90 Å². The first-order valence-corrected chi connectivity index (χ1v) is 18.8. The van der Waals surface area contributed by atoms with Gasteiger partial charge >= 0.3 is 0 Å². The van der Waals surface area contributed by atoms with E-state index in [9.17, 15) is 0 Å². The molecule has 53 heavy (non-hydrogen) atoms. The second-order valence-corrected chi connectivity index (χ2v) is 15.4. The molecular weight excluding hydrogens is 639 g/mol. The minimum Gasteiger partial charge on any atom is -0.314 e. The Morgan fingerprint density at radius 3 is 1.75 bits per heavy atom. The Kier molecular flexibility index (Phi) is 6.33. The summed E-state index contributed by atoms with van der Waals surface area (Å²) in [6.07, 6.45) is 6.69. The summed E-state index contributed by atoms with van der Waals surface area (Å²) in [6, 6.07) is 55.9. The van der Waals surface area contributed by atoms with Crippen LogP contribution >= 0.6 is 0 Å². The van der Waals surface area contributed by atoms with E-state index in [4.69, 9.17) is 0 Å². The quantitative estimate of drug-likeness (QED) is 0.168. The summed E-state index contributed by atoms with van der Waals surface area (Å²) in [7, 11) is 0. The predicted molar refractivity (Wildman–Crippen MR) is 219 cm³/mol. The molecule has 0 saturated heterocycles. The lowest BCUT2D eigenvalue weighted by Crippen LogP contribution is -2.26. The third kappa shape index (κ3) is 3.99. The van der Waals surface area contributed by atoms with Gasteiger partial charge in [0.05, 0.1) is 11.1 Å². The maximum Gasteiger partial charge on any atom is 0.0732 e. The lowest BCUT2D eigenvalue weighted by molar-refractivity contribution is 0.648. The summed E-state index contributed by atoms with van der Waals surface area (Å²) in [4.78, 5) is 2.52. The van der Waals surface area contributed by atoms with Gasteiger partial charge in [-0.3, -0.25) is 0 Å². The highest BCUT2D eigenvalue weighted by atomic mass is 15.2. The van der Waals surface area contributed by atoms with E-state index in [1.165, 1.54) is 72.5 Å². The molecule has 0 amide bonds. The number of anilines is 2. The van der Waals surface area contributed by atoms with Gasteiger partial charge in [0.1, 0.15) is 0 Å². The zero-order valence-electron chi connectivity index (χ0n) is 29.9. The Hall–Kier alpha value is -6.36. The fourth-order valence-electron chi connectivity index (χ4n) is 10.3. The third-order valence-corrected chi connectivity index (χ3v) is 12.5. The second kappa shape index (κ2) is 11.1. The Bertz CT molecular complexity index is 2720. The fourth-order valence-corrected chi connectivity index (χ4v) is 10.3. The van der Waals surface area contributed by atoms with Crippen molar-refractivity contribution in [2.75, 3.05) is 4.90 Å². The van der Waals surface area contributed by atoms with Crippen LogP contribution in [0.1, 0.15) is 65.6 Å². The molecule has 0 bridgehead atoms. The highest BCUT2D eigenvalue weighted by Gasteiger charge is 2.53. The molecule has 0 saturated carbocycles. The van der Waals surface area contributed by atoms with E-state index >= 15 is 0 Å². The van der Waals surface area contributed by atoms with Crippen LogP contribution in [0.5, 0.6) is 0 Å². The van der Waals surface area contributed by atoms with E-state index in [2.05, 4.69) is 194 Å². The molecule has 1 nitrogen and oxygen atoms in total. The standard InChI is InChI=1S/C52H37N/c1-51(2)43-25-11-6-19-36(43)39-32-31-35(33-48(39)51)53(34-17-4-3-5-18-34)49-30-15-10-22-40(49)41-24-16-29-47-50(41)42-23-9-14-28-46(42)52(47)44-26-12-7-20-37(44)38-21-8-13-27-45(38)52/h3-15,17-23,25-30,33H,31-32H2,1-2H3. The molecule has 1 spiro atoms. The molecule has 1 heteroatoms. The van der Waals surface area contributed by atoms with Gasteiger partial charge in [0.25, 0.3) is 0 Å². The summed E-state index contributed by atoms with van der Waals surface area (Å²) in [5, 5.41) is 0. The minimum absolute atomic E-state index is 0.0612. The average Bonchev–Trinajstić information content (AvgIpc) is 3.78. The van der Waals surface area contributed by atoms with Crippen molar-refractivity contribution < 1.29 is 0 Å². The molecule has 0 heterocycles. The lowest BCUT2D eigenvalue weighted by Gasteiger charge is -2.34. The molecule has 0 fully saturated rings. The highest BCUT2D eigenvalue weighted by molar-refractivity contribution is 6.15. The summed E-state index contributed by atoms with van der Waals surface area (Å²) < 4.78 is 0. The number of para-hydroxylation sites is 2. The van der Waals surface area contributed by atoms with E-state index in [0.717, 1.165) is 35.4 Å². The van der Waals surface area contributed by atoms with Crippen LogP contribution in [0.3, 0.4) is 0 Å². The van der Waals surface area contributed by atoms with E-state index in [1.807, 2.05) is 0 Å². The maximum atomic E-state index is 3.71. The topological polar surface area (TPSA) is 3.24 Å². The Morgan fingerprint density at radius 2 is 1.06 bits per heavy atom. The first-order valence-electron chi connectivity index (χ1n) is 18.8. The molecule has 6 aromatic carbocycles. The molecule has 11 rings (SSSR count). The van der Waals surface area contributed by atoms with Crippen LogP contribution in [0.4, 0.5) is 11.4 Å². The van der Waals surface area contributed by atoms with Gasteiger partial charge in [-0.05, 0) is 104 Å². The van der Waals surface area contributed by atoms with Crippen molar-refractivity contribution in [1.29, 1.82) is 0 Å². The Balaban J connectivity index is 1.14. The van der Waals surface area contributed by atoms with Gasteiger partial charge in [0, 0.05) is 33.5 Å². The minimum atomic E-state index is -0.425. The third-order valence-electron chi connectivity index (χ3n) is 12.5. The molecule has 0 radical (unpaired) electrons. The van der Waals surface area contributed by atoms with Gasteiger partial charge in [-0.25, -0.2) is 0 Å². The van der Waals surface area contributed by atoms with Crippen LogP contribution in [-0.2, 0) is 10.8 Å². The molecule has 0 atom stereocenters. The van der Waals surface area contributed by atoms with Gasteiger partial charge < -0.3 is 4.90 Å². The predicted octanol–water partition coefficient (Wildman–Crippen LogP) is 12.7. The molecule has 6 aromatic rings. The van der Waals surface area contributed by atoms with Crippen LogP contribution in [0, 0.1) is 0 Å². The first kappa shape index (κ1) is 30.3. The molecule has 5 aliphatic carbocycles. The van der Waals surface area contributed by atoms with Crippen molar-refractivity contribution in [2.24, 2.45) is 0 Å². The molecule has 5 aliphatic rings. The number of hydrogen-bond donors (Lipinski definition) is 0. The van der Waals surface area contributed by atoms with Gasteiger partial charge in [-0.15, -0.1) is 0 Å². The summed E-state index contributed by atoms with van der Waals surface area (Å²) in [5.41, 5.74) is 28.9. The molecule has 0 N–H and O–H groups in total. The molecule has 0 aromatic heterocycles. The number of hydrogen-bond acceptors (Lipinski definition) is 1. The summed E-state index contributed by atoms with van der Waals surface area (Å²) in [6.45, 7) is 4.78. The average molecular weight is 676 g/mol. The number of fused-ring (bicyclic) bond motifs is 11. The van der Waals surface area contributed by atoms with Crippen molar-refractivity contribution >= 4 is 28.1 Å². The van der Waals surface area contributed by atoms with Crippen molar-refractivity contribution in [1.82, 2.24) is 0 Å². The number of rotatable bonds is 4. The number of nitrogens with zero attached hydrogens (tertiary/aromatic N) is 1. The number of allylic oxidation sites excluding steroid dienone is 8. The van der Waals surface area contributed by atoms with E-state index < -0.39 is 5.41 Å². The summed E-state index contributed by atoms with van der Waals surface area (Å²) >= 11 is 0. The maximum absolute atomic E-state index is 3.71. The molecule has 0 unspecified atom stereocenters. The van der Waals surface area contributed by atoms with Crippen LogP contribution in [0.2, 0.25) is 0 Å². The van der Waals surface area contributed by atoms with Crippen LogP contribution in [-0.4, -0.2) is 0 Å². The van der Waals surface area contributed by atoms with E-state index in [1.54, 1.807) is 0 Å². The van der Waals surface area contributed by atoms with Crippen molar-refractivity contribution in [3.8, 4) is 11.1 Å². The molecule has 250 valence electrons. The van der Waals surface area contributed by atoms with Crippen LogP contribution in [0.25, 0.3) is 27.8 Å². The van der Waals surface area contributed by atoms with Gasteiger partial charge in [0.15, 0.2) is 0 Å². The molecular formula is C52H37N. The van der Waals surface area contributed by atoms with Gasteiger partial charge in [-0.1, -0.05) is 159 Å². The van der Waals surface area contributed by atoms with Gasteiger partial charge in [0.2, 0.25) is 0 Å². The van der Waals surface area contributed by atoms with Crippen molar-refractivity contribution in [3.05, 3.63) is 231 Å². The Morgan fingerprint density at radius 1 is 0.509 bits per heavy atom. The van der Waals surface area contributed by atoms with E-state index in [0.29, 0.717) is 0 Å². The first-order chi connectivity index (χ1) is 26.1. The zero-order valence-corrected chi connectivity index (χ0v) is 29.9. The summed E-state index contributed by atoms with van der Waals surface area (Å²) in [5.74, 6) is 0. The monoisotopic (exact) mass is 675 g/mol. The largest absolute Gasteiger partial charge is 0.314 e. The van der Waals surface area contributed by atoms with Gasteiger partial charge in [-0.2, -0.15) is 0 Å². The fraction of sp³-hybridized carbons (Fsp3) is 0.115. The normalized spacial score (nSPS) is 17.5. The van der Waals surface area contributed by atoms with Crippen molar-refractivity contribution in [3.63, 3.8) is 0 Å². The SMILES string of the molecule is CC1(C)C2=C(CCC(N(c3ccccc3)c3ccccc3C3=C=C=CC4=C3c3ccccc3C43c4ccccc4-c4ccccc43)=C2)c2ccccc21. The zero-order chi connectivity index (χ0) is 35.3. The van der Waals surface area contributed by atoms with E-state index in [-0.39, 0.29) is 5.41 Å². The highest BCUT2D eigenvalue weighted by Crippen LogP contribution is 2.64.